The van der Waals surface area contributed by atoms with Crippen LogP contribution in [0, 0.1) is 12.3 Å². The van der Waals surface area contributed by atoms with Crippen molar-refractivity contribution in [1.29, 1.82) is 5.41 Å². The van der Waals surface area contributed by atoms with Crippen LogP contribution in [0.2, 0.25) is 0 Å². The molecule has 7 aromatic carbocycles. The van der Waals surface area contributed by atoms with E-state index < -0.39 is 0 Å². The lowest BCUT2D eigenvalue weighted by atomic mass is 9.83. The lowest BCUT2D eigenvalue weighted by Gasteiger charge is -2.20. The first-order chi connectivity index (χ1) is 22.1. The largest absolute Gasteiger partial charge is 0.300 e. The molecule has 0 fully saturated rings. The van der Waals surface area contributed by atoms with E-state index in [4.69, 9.17) is 5.41 Å². The van der Waals surface area contributed by atoms with E-state index >= 15 is 0 Å². The smallest absolute Gasteiger partial charge is 0.0606 e. The van der Waals surface area contributed by atoms with E-state index in [1.54, 1.807) is 6.08 Å². The molecule has 220 valence electrons. The molecule has 1 N–H and O–H groups in total. The van der Waals surface area contributed by atoms with Gasteiger partial charge in [0, 0.05) is 0 Å². The van der Waals surface area contributed by atoms with Crippen molar-refractivity contribution in [2.45, 2.75) is 20.8 Å². The lowest BCUT2D eigenvalue weighted by molar-refractivity contribution is 1.47. The van der Waals surface area contributed by atoms with Gasteiger partial charge in [-0.1, -0.05) is 153 Å². The van der Waals surface area contributed by atoms with Crippen molar-refractivity contribution >= 4 is 38.0 Å². The second kappa shape index (κ2) is 13.8. The molecular weight excluding hydrogens is 542 g/mol. The lowest BCUT2D eigenvalue weighted by Crippen LogP contribution is -1.95. The van der Waals surface area contributed by atoms with Crippen molar-refractivity contribution in [2.75, 3.05) is 0 Å². The Morgan fingerprint density at radius 3 is 1.51 bits per heavy atom. The Labute approximate surface area is 267 Å². The van der Waals surface area contributed by atoms with Crippen LogP contribution in [0.1, 0.15) is 25.0 Å². The number of nitrogens with one attached hydrogen (secondary N) is 1. The molecule has 0 heterocycles. The molecule has 0 unspecified atom stereocenters. The molecule has 1 heteroatoms. The number of hydrogen-bond donors (Lipinski definition) is 1. The number of hydrogen-bond acceptors (Lipinski definition) is 1. The first kappa shape index (κ1) is 30.9. The van der Waals surface area contributed by atoms with Gasteiger partial charge in [-0.05, 0) is 90.3 Å². The van der Waals surface area contributed by atoms with Gasteiger partial charge in [-0.25, -0.2) is 0 Å². The van der Waals surface area contributed by atoms with Crippen molar-refractivity contribution in [3.8, 4) is 33.4 Å². The highest BCUT2D eigenvalue weighted by atomic mass is 14.4. The van der Waals surface area contributed by atoms with Crippen LogP contribution >= 0.6 is 0 Å². The minimum absolute atomic E-state index is 0.428. The van der Waals surface area contributed by atoms with E-state index in [9.17, 15) is 0 Å². The summed E-state index contributed by atoms with van der Waals surface area (Å²) < 4.78 is 0. The SMILES string of the molecule is C=C.C=CC(=N)c1cccc(-c2c3ccccc3c(-c3ccc(-c4ccc(C)cc4)c4ccccc34)c3ccccc23)c1.CC. The van der Waals surface area contributed by atoms with E-state index in [0.29, 0.717) is 5.71 Å². The molecule has 0 spiro atoms. The molecule has 0 amide bonds. The highest BCUT2D eigenvalue weighted by Gasteiger charge is 2.19. The molecule has 0 aliphatic heterocycles. The number of benzene rings is 7. The molecule has 7 rings (SSSR count). The van der Waals surface area contributed by atoms with Gasteiger partial charge in [-0.15, -0.1) is 13.2 Å². The van der Waals surface area contributed by atoms with Gasteiger partial charge in [-0.2, -0.15) is 0 Å². The first-order valence-electron chi connectivity index (χ1n) is 15.5. The molecule has 0 radical (unpaired) electrons. The number of allylic oxidation sites excluding steroid dienone is 1. The second-order valence-electron chi connectivity index (χ2n) is 10.6. The maximum absolute atomic E-state index is 8.36. The summed E-state index contributed by atoms with van der Waals surface area (Å²) in [5.41, 5.74) is 9.82. The predicted molar refractivity (Wildman–Crippen MR) is 200 cm³/mol. The number of aryl methyl sites for hydroxylation is 1. The van der Waals surface area contributed by atoms with Crippen LogP contribution in [0.25, 0.3) is 65.7 Å². The van der Waals surface area contributed by atoms with Gasteiger partial charge in [0.2, 0.25) is 0 Å². The summed E-state index contributed by atoms with van der Waals surface area (Å²) in [6.45, 7) is 15.9. The Morgan fingerprint density at radius 1 is 0.511 bits per heavy atom. The van der Waals surface area contributed by atoms with Crippen LogP contribution < -0.4 is 0 Å². The van der Waals surface area contributed by atoms with Gasteiger partial charge in [0.05, 0.1) is 5.71 Å². The summed E-state index contributed by atoms with van der Waals surface area (Å²) in [5, 5.41) is 15.7. The quantitative estimate of drug-likeness (QED) is 0.119. The third-order valence-corrected chi connectivity index (χ3v) is 8.15. The van der Waals surface area contributed by atoms with Crippen LogP contribution in [0.4, 0.5) is 0 Å². The molecule has 45 heavy (non-hydrogen) atoms. The molecule has 0 aliphatic rings. The Kier molecular flexibility index (Phi) is 9.51. The van der Waals surface area contributed by atoms with Crippen molar-refractivity contribution < 1.29 is 0 Å². The summed E-state index contributed by atoms with van der Waals surface area (Å²) in [4.78, 5) is 0. The van der Waals surface area contributed by atoms with Crippen LogP contribution in [0.3, 0.4) is 0 Å². The molecule has 0 atom stereocenters. The highest BCUT2D eigenvalue weighted by Crippen LogP contribution is 2.46. The molecule has 0 aliphatic carbocycles. The molecule has 0 aromatic heterocycles. The van der Waals surface area contributed by atoms with Gasteiger partial charge >= 0.3 is 0 Å². The average Bonchev–Trinajstić information content (AvgIpc) is 3.12. The van der Waals surface area contributed by atoms with Gasteiger partial charge in [0.15, 0.2) is 0 Å². The van der Waals surface area contributed by atoms with Crippen molar-refractivity contribution in [3.63, 3.8) is 0 Å². The van der Waals surface area contributed by atoms with Gasteiger partial charge < -0.3 is 5.41 Å². The Morgan fingerprint density at radius 2 is 0.978 bits per heavy atom. The standard InChI is InChI=1S/C40H29N.C2H6.C2H4/c1-3-38(41)28-11-10-12-29(25-28)39-33-15-6-8-17-35(33)40(36-18-9-7-16-34(36)39)37-24-23-30(27-21-19-26(2)20-22-27)31-13-4-5-14-32(31)37;2*1-2/h3-25,41H,1H2,2H3;1-2H3;1-2H2. The van der Waals surface area contributed by atoms with Crippen molar-refractivity contribution in [2.24, 2.45) is 0 Å². The Balaban J connectivity index is 0.000000963. The van der Waals surface area contributed by atoms with E-state index in [0.717, 1.165) is 11.1 Å². The Bertz CT molecular complexity index is 2090. The van der Waals surface area contributed by atoms with Gasteiger partial charge in [0.1, 0.15) is 0 Å². The zero-order valence-electron chi connectivity index (χ0n) is 26.4. The summed E-state index contributed by atoms with van der Waals surface area (Å²) in [5.74, 6) is 0. The third kappa shape index (κ3) is 5.73. The fraction of sp³-hybridized carbons (Fsp3) is 0.0682. The van der Waals surface area contributed by atoms with E-state index in [2.05, 4.69) is 148 Å². The normalized spacial score (nSPS) is 10.5. The molecule has 0 saturated heterocycles. The van der Waals surface area contributed by atoms with Crippen molar-refractivity contribution in [3.05, 3.63) is 170 Å². The minimum Gasteiger partial charge on any atom is -0.300 e. The average molecular weight is 582 g/mol. The third-order valence-electron chi connectivity index (χ3n) is 8.15. The van der Waals surface area contributed by atoms with Crippen LogP contribution in [0.15, 0.2) is 159 Å². The zero-order chi connectivity index (χ0) is 31.9. The fourth-order valence-electron chi connectivity index (χ4n) is 6.19. The summed E-state index contributed by atoms with van der Waals surface area (Å²) in [6, 6.07) is 47.9. The number of fused-ring (bicyclic) bond motifs is 3. The van der Waals surface area contributed by atoms with E-state index in [-0.39, 0.29) is 0 Å². The first-order valence-corrected chi connectivity index (χ1v) is 15.5. The van der Waals surface area contributed by atoms with Gasteiger partial charge in [0.25, 0.3) is 0 Å². The predicted octanol–water partition coefficient (Wildman–Crippen LogP) is 12.8. The maximum atomic E-state index is 8.36. The van der Waals surface area contributed by atoms with Gasteiger partial charge in [-0.3, -0.25) is 0 Å². The monoisotopic (exact) mass is 581 g/mol. The van der Waals surface area contributed by atoms with Crippen LogP contribution in [-0.2, 0) is 0 Å². The topological polar surface area (TPSA) is 23.9 Å². The summed E-state index contributed by atoms with van der Waals surface area (Å²) in [7, 11) is 0. The molecule has 1 nitrogen and oxygen atoms in total. The summed E-state index contributed by atoms with van der Waals surface area (Å²) >= 11 is 0. The minimum atomic E-state index is 0.428. The van der Waals surface area contributed by atoms with E-state index in [1.165, 1.54) is 65.7 Å². The Hall–Kier alpha value is -5.53. The number of rotatable bonds is 5. The maximum Gasteiger partial charge on any atom is 0.0606 e. The summed E-state index contributed by atoms with van der Waals surface area (Å²) in [6.07, 6.45) is 1.60. The molecule has 0 bridgehead atoms. The molecule has 7 aromatic rings. The molecule has 0 saturated carbocycles. The van der Waals surface area contributed by atoms with Crippen LogP contribution in [-0.4, -0.2) is 5.71 Å². The fourth-order valence-corrected chi connectivity index (χ4v) is 6.19. The molecular formula is C44H39N. The second-order valence-corrected chi connectivity index (χ2v) is 10.6. The van der Waals surface area contributed by atoms with Crippen LogP contribution in [0.5, 0.6) is 0 Å². The zero-order valence-corrected chi connectivity index (χ0v) is 26.4. The highest BCUT2D eigenvalue weighted by molar-refractivity contribution is 6.24. The van der Waals surface area contributed by atoms with Crippen molar-refractivity contribution in [1.82, 2.24) is 0 Å². The van der Waals surface area contributed by atoms with E-state index in [1.807, 2.05) is 26.0 Å².